The lowest BCUT2D eigenvalue weighted by Gasteiger charge is -2.12. The van der Waals surface area contributed by atoms with Gasteiger partial charge < -0.3 is 0 Å². The number of hydrogen-bond donors (Lipinski definition) is 1. The molecule has 11 heteroatoms. The van der Waals surface area contributed by atoms with E-state index in [1.54, 1.807) is 0 Å². The van der Waals surface area contributed by atoms with E-state index in [9.17, 15) is 18.0 Å². The summed E-state index contributed by atoms with van der Waals surface area (Å²) in [7, 11) is 0. The maximum absolute atomic E-state index is 13.6. The summed E-state index contributed by atoms with van der Waals surface area (Å²) in [5.74, 6) is -0.962. The summed E-state index contributed by atoms with van der Waals surface area (Å²) in [6.45, 7) is 1.85. The van der Waals surface area contributed by atoms with E-state index in [4.69, 9.17) is 11.6 Å². The number of benzene rings is 1. The third-order valence-corrected chi connectivity index (χ3v) is 4.58. The van der Waals surface area contributed by atoms with E-state index >= 15 is 0 Å². The van der Waals surface area contributed by atoms with Crippen molar-refractivity contribution < 1.29 is 18.0 Å². The Morgan fingerprint density at radius 3 is 2.54 bits per heavy atom. The zero-order valence-corrected chi connectivity index (χ0v) is 14.8. The second kappa shape index (κ2) is 7.04. The first-order valence-electron chi connectivity index (χ1n) is 7.34. The van der Waals surface area contributed by atoms with Gasteiger partial charge in [-0.25, -0.2) is 4.68 Å². The summed E-state index contributed by atoms with van der Waals surface area (Å²) >= 11 is 6.86. The number of rotatable bonds is 4. The molecule has 3 rings (SSSR count). The summed E-state index contributed by atoms with van der Waals surface area (Å²) in [4.78, 5) is 12.3. The third kappa shape index (κ3) is 3.70. The Balaban J connectivity index is 1.99. The molecule has 26 heavy (non-hydrogen) atoms. The number of carbonyl (C=O) groups is 1. The average molecular weight is 402 g/mol. The van der Waals surface area contributed by atoms with Gasteiger partial charge in [0.25, 0.3) is 5.91 Å². The first-order valence-corrected chi connectivity index (χ1v) is 8.54. The lowest BCUT2D eigenvalue weighted by atomic mass is 10.2. The average Bonchev–Trinajstić information content (AvgIpc) is 3.21. The quantitative estimate of drug-likeness (QED) is 0.710. The van der Waals surface area contributed by atoms with Crippen LogP contribution in [0.15, 0.2) is 30.5 Å². The SMILES string of the molecule is CCc1nnc(NC(=O)c2cnn(-c3ccc(Cl)cc3)c2C(F)(F)F)s1. The lowest BCUT2D eigenvalue weighted by Crippen LogP contribution is -2.20. The molecule has 1 N–H and O–H groups in total. The molecule has 0 bridgehead atoms. The number of aryl methyl sites for hydroxylation is 1. The molecule has 136 valence electrons. The predicted molar refractivity (Wildman–Crippen MR) is 90.8 cm³/mol. The van der Waals surface area contributed by atoms with Crippen molar-refractivity contribution in [1.29, 1.82) is 0 Å². The number of hydrogen-bond acceptors (Lipinski definition) is 5. The zero-order chi connectivity index (χ0) is 18.9. The predicted octanol–water partition coefficient (Wildman–Crippen LogP) is 4.21. The number of aromatic nitrogens is 4. The Morgan fingerprint density at radius 1 is 1.27 bits per heavy atom. The largest absolute Gasteiger partial charge is 0.434 e. The maximum atomic E-state index is 13.6. The lowest BCUT2D eigenvalue weighted by molar-refractivity contribution is -0.143. The molecule has 0 aliphatic rings. The van der Waals surface area contributed by atoms with Gasteiger partial charge in [0.15, 0.2) is 5.69 Å². The van der Waals surface area contributed by atoms with Gasteiger partial charge in [0, 0.05) is 5.02 Å². The van der Waals surface area contributed by atoms with Crippen LogP contribution in [-0.4, -0.2) is 25.9 Å². The van der Waals surface area contributed by atoms with Crippen molar-refractivity contribution in [1.82, 2.24) is 20.0 Å². The fraction of sp³-hybridized carbons (Fsp3) is 0.200. The van der Waals surface area contributed by atoms with E-state index in [1.165, 1.54) is 24.3 Å². The Labute approximate surface area is 154 Å². The van der Waals surface area contributed by atoms with E-state index < -0.39 is 23.3 Å². The molecule has 2 aromatic heterocycles. The molecule has 1 amide bonds. The van der Waals surface area contributed by atoms with Gasteiger partial charge in [-0.3, -0.25) is 10.1 Å². The molecule has 0 aliphatic carbocycles. The van der Waals surface area contributed by atoms with Crippen LogP contribution in [0.5, 0.6) is 0 Å². The molecule has 0 spiro atoms. The van der Waals surface area contributed by atoms with E-state index in [2.05, 4.69) is 20.6 Å². The monoisotopic (exact) mass is 401 g/mol. The van der Waals surface area contributed by atoms with Crippen LogP contribution in [0.25, 0.3) is 5.69 Å². The minimum absolute atomic E-state index is 0.124. The molecule has 2 heterocycles. The fourth-order valence-electron chi connectivity index (χ4n) is 2.18. The Bertz CT molecular complexity index is 936. The second-order valence-corrected chi connectivity index (χ2v) is 6.60. The molecular formula is C15H11ClF3N5OS. The van der Waals surface area contributed by atoms with Crippen LogP contribution < -0.4 is 5.32 Å². The highest BCUT2D eigenvalue weighted by molar-refractivity contribution is 7.15. The summed E-state index contributed by atoms with van der Waals surface area (Å²) in [6.07, 6.45) is -3.32. The standard InChI is InChI=1S/C15H11ClF3N5OS/c1-2-11-22-23-14(26-11)21-13(25)10-7-20-24(12(10)15(17,18)19)9-5-3-8(16)4-6-9/h3-7H,2H2,1H3,(H,21,23,25). The summed E-state index contributed by atoms with van der Waals surface area (Å²) in [5.41, 5.74) is -1.66. The van der Waals surface area contributed by atoms with Crippen molar-refractivity contribution in [3.05, 3.63) is 51.7 Å². The van der Waals surface area contributed by atoms with Crippen LogP contribution in [-0.2, 0) is 12.6 Å². The smallest absolute Gasteiger partial charge is 0.296 e. The van der Waals surface area contributed by atoms with E-state index in [-0.39, 0.29) is 10.8 Å². The van der Waals surface area contributed by atoms with E-state index in [1.807, 2.05) is 6.92 Å². The summed E-state index contributed by atoms with van der Waals surface area (Å²) in [5, 5.41) is 14.8. The van der Waals surface area contributed by atoms with Gasteiger partial charge in [0.2, 0.25) is 5.13 Å². The molecule has 6 nitrogen and oxygen atoms in total. The van der Waals surface area contributed by atoms with Crippen LogP contribution >= 0.6 is 22.9 Å². The van der Waals surface area contributed by atoms with Crippen LogP contribution in [0.1, 0.15) is 28.0 Å². The minimum atomic E-state index is -4.79. The Morgan fingerprint density at radius 2 is 1.96 bits per heavy atom. The molecule has 0 saturated carbocycles. The van der Waals surface area contributed by atoms with Crippen molar-refractivity contribution >= 4 is 34.0 Å². The number of alkyl halides is 3. The number of nitrogens with one attached hydrogen (secondary N) is 1. The second-order valence-electron chi connectivity index (χ2n) is 5.10. The normalized spacial score (nSPS) is 11.6. The number of amides is 1. The third-order valence-electron chi connectivity index (χ3n) is 3.34. The van der Waals surface area contributed by atoms with Gasteiger partial charge in [-0.1, -0.05) is 29.9 Å². The molecule has 1 aromatic carbocycles. The highest BCUT2D eigenvalue weighted by atomic mass is 35.5. The molecule has 0 saturated heterocycles. The van der Waals surface area contributed by atoms with Crippen LogP contribution in [0.3, 0.4) is 0 Å². The summed E-state index contributed by atoms with van der Waals surface area (Å²) in [6, 6.07) is 5.63. The number of halogens is 4. The first kappa shape index (κ1) is 18.3. The fourth-order valence-corrected chi connectivity index (χ4v) is 2.98. The number of carbonyl (C=O) groups excluding carboxylic acids is 1. The van der Waals surface area contributed by atoms with E-state index in [0.29, 0.717) is 21.1 Å². The van der Waals surface area contributed by atoms with Crippen molar-refractivity contribution in [2.24, 2.45) is 0 Å². The van der Waals surface area contributed by atoms with Crippen molar-refractivity contribution in [2.45, 2.75) is 19.5 Å². The maximum Gasteiger partial charge on any atom is 0.434 e. The van der Waals surface area contributed by atoms with Crippen LogP contribution in [0.2, 0.25) is 5.02 Å². The highest BCUT2D eigenvalue weighted by Crippen LogP contribution is 2.34. The molecular weight excluding hydrogens is 391 g/mol. The number of anilines is 1. The van der Waals surface area contributed by atoms with Crippen LogP contribution in [0.4, 0.5) is 18.3 Å². The van der Waals surface area contributed by atoms with Crippen molar-refractivity contribution in [3.8, 4) is 5.69 Å². The highest BCUT2D eigenvalue weighted by Gasteiger charge is 2.40. The topological polar surface area (TPSA) is 72.7 Å². The van der Waals surface area contributed by atoms with Crippen molar-refractivity contribution in [2.75, 3.05) is 5.32 Å². The first-order chi connectivity index (χ1) is 12.3. The van der Waals surface area contributed by atoms with Gasteiger partial charge in [0.05, 0.1) is 17.4 Å². The molecule has 0 aliphatic heterocycles. The van der Waals surface area contributed by atoms with Gasteiger partial charge in [0.1, 0.15) is 5.01 Å². The molecule has 0 fully saturated rings. The molecule has 0 unspecified atom stereocenters. The minimum Gasteiger partial charge on any atom is -0.296 e. The zero-order valence-electron chi connectivity index (χ0n) is 13.2. The summed E-state index contributed by atoms with van der Waals surface area (Å²) < 4.78 is 41.4. The van der Waals surface area contributed by atoms with Gasteiger partial charge >= 0.3 is 6.18 Å². The Kier molecular flexibility index (Phi) is 4.97. The van der Waals surface area contributed by atoms with Gasteiger partial charge in [-0.15, -0.1) is 10.2 Å². The van der Waals surface area contributed by atoms with E-state index in [0.717, 1.165) is 17.5 Å². The molecule has 0 atom stereocenters. The number of nitrogens with zero attached hydrogens (tertiary/aromatic N) is 4. The molecule has 3 aromatic rings. The Hall–Kier alpha value is -2.46. The van der Waals surface area contributed by atoms with Crippen LogP contribution in [0, 0.1) is 0 Å². The van der Waals surface area contributed by atoms with Gasteiger partial charge in [-0.05, 0) is 30.7 Å². The van der Waals surface area contributed by atoms with Crippen molar-refractivity contribution in [3.63, 3.8) is 0 Å². The van der Waals surface area contributed by atoms with Gasteiger partial charge in [-0.2, -0.15) is 18.3 Å². The molecule has 0 radical (unpaired) electrons.